The second kappa shape index (κ2) is 8.57. The van der Waals surface area contributed by atoms with Crippen molar-refractivity contribution in [1.82, 2.24) is 5.32 Å². The van der Waals surface area contributed by atoms with E-state index in [4.69, 9.17) is 0 Å². The van der Waals surface area contributed by atoms with Crippen LogP contribution >= 0.6 is 0 Å². The van der Waals surface area contributed by atoms with Crippen LogP contribution < -0.4 is 5.32 Å². The Morgan fingerprint density at radius 2 is 1.83 bits per heavy atom. The van der Waals surface area contributed by atoms with Crippen LogP contribution in [0, 0.1) is 5.82 Å². The molecule has 1 N–H and O–H groups in total. The Hall–Kier alpha value is -3.02. The van der Waals surface area contributed by atoms with Gasteiger partial charge in [0.25, 0.3) is 0 Å². The largest absolute Gasteiger partial charge is 0.453 e. The van der Waals surface area contributed by atoms with Crippen molar-refractivity contribution in [2.24, 2.45) is 10.2 Å². The van der Waals surface area contributed by atoms with Crippen LogP contribution in [0.2, 0.25) is 0 Å². The van der Waals surface area contributed by atoms with Crippen LogP contribution in [0.25, 0.3) is 0 Å². The molecular weight excluding hydrogens is 309 g/mol. The van der Waals surface area contributed by atoms with E-state index in [1.807, 2.05) is 31.2 Å². The van der Waals surface area contributed by atoms with E-state index in [0.29, 0.717) is 6.54 Å². The van der Waals surface area contributed by atoms with Gasteiger partial charge in [-0.2, -0.15) is 10.2 Å². The van der Waals surface area contributed by atoms with E-state index in [9.17, 15) is 9.18 Å². The molecule has 0 fully saturated rings. The standard InChI is InChI=1S/C18H18FN3O2/c1-13(22-21-12-15-5-9-17(19)10-6-15)16-7-3-14(4-8-16)11-20-18(23)24-2/h3-10,12H,11H2,1-2H3,(H,20,23). The molecule has 0 unspecified atom stereocenters. The highest BCUT2D eigenvalue weighted by atomic mass is 19.1. The molecule has 5 nitrogen and oxygen atoms in total. The molecule has 0 radical (unpaired) electrons. The summed E-state index contributed by atoms with van der Waals surface area (Å²) in [6.07, 6.45) is 1.10. The molecular formula is C18H18FN3O2. The number of alkyl carbamates (subject to hydrolysis) is 1. The maximum absolute atomic E-state index is 12.8. The number of halogens is 1. The van der Waals surface area contributed by atoms with E-state index in [1.165, 1.54) is 19.2 Å². The number of methoxy groups -OCH3 is 1. The Balaban J connectivity index is 1.97. The number of carbonyl (C=O) groups excluding carboxylic acids is 1. The van der Waals surface area contributed by atoms with E-state index in [2.05, 4.69) is 20.3 Å². The monoisotopic (exact) mass is 327 g/mol. The summed E-state index contributed by atoms with van der Waals surface area (Å²) in [5, 5.41) is 10.8. The quantitative estimate of drug-likeness (QED) is 0.674. The van der Waals surface area contributed by atoms with Gasteiger partial charge in [0.15, 0.2) is 0 Å². The number of nitrogens with zero attached hydrogens (tertiary/aromatic N) is 2. The number of rotatable bonds is 5. The highest BCUT2D eigenvalue weighted by molar-refractivity contribution is 5.99. The van der Waals surface area contributed by atoms with Crippen molar-refractivity contribution < 1.29 is 13.9 Å². The molecule has 0 aromatic heterocycles. The van der Waals surface area contributed by atoms with Crippen molar-refractivity contribution in [3.05, 3.63) is 71.0 Å². The van der Waals surface area contributed by atoms with Gasteiger partial charge in [-0.25, -0.2) is 9.18 Å². The lowest BCUT2D eigenvalue weighted by molar-refractivity contribution is 0.170. The average Bonchev–Trinajstić information content (AvgIpc) is 2.61. The maximum atomic E-state index is 12.8. The number of carbonyl (C=O) groups is 1. The lowest BCUT2D eigenvalue weighted by Crippen LogP contribution is -2.22. The second-order valence-corrected chi connectivity index (χ2v) is 5.02. The lowest BCUT2D eigenvalue weighted by Gasteiger charge is -2.05. The smallest absolute Gasteiger partial charge is 0.407 e. The lowest BCUT2D eigenvalue weighted by atomic mass is 10.1. The van der Waals surface area contributed by atoms with Gasteiger partial charge >= 0.3 is 6.09 Å². The third-order valence-electron chi connectivity index (χ3n) is 3.28. The molecule has 2 aromatic rings. The van der Waals surface area contributed by atoms with Crippen LogP contribution in [0.5, 0.6) is 0 Å². The van der Waals surface area contributed by atoms with E-state index in [1.54, 1.807) is 18.3 Å². The van der Waals surface area contributed by atoms with E-state index < -0.39 is 6.09 Å². The van der Waals surface area contributed by atoms with Gasteiger partial charge in [0.1, 0.15) is 5.82 Å². The van der Waals surface area contributed by atoms with Gasteiger partial charge in [-0.05, 0) is 35.7 Å². The summed E-state index contributed by atoms with van der Waals surface area (Å²) in [5.41, 5.74) is 3.40. The summed E-state index contributed by atoms with van der Waals surface area (Å²) in [4.78, 5) is 11.0. The highest BCUT2D eigenvalue weighted by Gasteiger charge is 2.01. The van der Waals surface area contributed by atoms with Gasteiger partial charge in [-0.3, -0.25) is 0 Å². The molecule has 2 rings (SSSR count). The van der Waals surface area contributed by atoms with E-state index in [0.717, 1.165) is 22.4 Å². The molecule has 0 saturated carbocycles. The normalized spacial score (nSPS) is 11.5. The molecule has 0 atom stereocenters. The Bertz CT molecular complexity index is 738. The second-order valence-electron chi connectivity index (χ2n) is 5.02. The van der Waals surface area contributed by atoms with Crippen molar-refractivity contribution in [1.29, 1.82) is 0 Å². The number of ether oxygens (including phenoxy) is 1. The number of hydrogen-bond donors (Lipinski definition) is 1. The first-order chi connectivity index (χ1) is 11.6. The molecule has 0 bridgehead atoms. The first kappa shape index (κ1) is 17.3. The Kier molecular flexibility index (Phi) is 6.19. The number of hydrogen-bond acceptors (Lipinski definition) is 4. The Morgan fingerprint density at radius 1 is 1.17 bits per heavy atom. The SMILES string of the molecule is COC(=O)NCc1ccc(C(C)=NN=Cc2ccc(F)cc2)cc1. The first-order valence-corrected chi connectivity index (χ1v) is 7.33. The number of amides is 1. The first-order valence-electron chi connectivity index (χ1n) is 7.33. The molecule has 0 spiro atoms. The minimum Gasteiger partial charge on any atom is -0.453 e. The number of benzene rings is 2. The van der Waals surface area contributed by atoms with Crippen LogP contribution in [0.1, 0.15) is 23.6 Å². The summed E-state index contributed by atoms with van der Waals surface area (Å²) >= 11 is 0. The number of nitrogens with one attached hydrogen (secondary N) is 1. The third-order valence-corrected chi connectivity index (χ3v) is 3.28. The Morgan fingerprint density at radius 3 is 2.46 bits per heavy atom. The van der Waals surface area contributed by atoms with Gasteiger partial charge in [0.05, 0.1) is 19.0 Å². The van der Waals surface area contributed by atoms with Gasteiger partial charge in [0.2, 0.25) is 0 Å². The fourth-order valence-electron chi connectivity index (χ4n) is 1.90. The maximum Gasteiger partial charge on any atom is 0.407 e. The summed E-state index contributed by atoms with van der Waals surface area (Å²) in [5.74, 6) is -0.284. The molecule has 124 valence electrons. The van der Waals surface area contributed by atoms with Crippen molar-refractivity contribution in [2.75, 3.05) is 7.11 Å². The van der Waals surface area contributed by atoms with Crippen LogP contribution in [-0.4, -0.2) is 25.1 Å². The van der Waals surface area contributed by atoms with Crippen molar-refractivity contribution in [3.8, 4) is 0 Å². The predicted molar refractivity (Wildman–Crippen MR) is 91.9 cm³/mol. The zero-order valence-electron chi connectivity index (χ0n) is 13.5. The topological polar surface area (TPSA) is 63.0 Å². The fourth-order valence-corrected chi connectivity index (χ4v) is 1.90. The van der Waals surface area contributed by atoms with Crippen LogP contribution in [0.15, 0.2) is 58.7 Å². The van der Waals surface area contributed by atoms with Gasteiger partial charge in [-0.15, -0.1) is 0 Å². The molecule has 0 aliphatic rings. The fraction of sp³-hybridized carbons (Fsp3) is 0.167. The molecule has 2 aromatic carbocycles. The average molecular weight is 327 g/mol. The summed E-state index contributed by atoms with van der Waals surface area (Å²) in [7, 11) is 1.32. The van der Waals surface area contributed by atoms with Crippen LogP contribution in [0.4, 0.5) is 9.18 Å². The predicted octanol–water partition coefficient (Wildman–Crippen LogP) is 3.52. The minimum absolute atomic E-state index is 0.284. The molecule has 0 saturated heterocycles. The molecule has 0 heterocycles. The van der Waals surface area contributed by atoms with Crippen LogP contribution in [-0.2, 0) is 11.3 Å². The van der Waals surface area contributed by atoms with E-state index >= 15 is 0 Å². The summed E-state index contributed by atoms with van der Waals surface area (Å²) in [6, 6.07) is 13.6. The summed E-state index contributed by atoms with van der Waals surface area (Å²) < 4.78 is 17.3. The van der Waals surface area contributed by atoms with E-state index in [-0.39, 0.29) is 5.82 Å². The molecule has 1 amide bonds. The van der Waals surface area contributed by atoms with Crippen LogP contribution in [0.3, 0.4) is 0 Å². The van der Waals surface area contributed by atoms with Crippen molar-refractivity contribution in [2.45, 2.75) is 13.5 Å². The highest BCUT2D eigenvalue weighted by Crippen LogP contribution is 2.06. The summed E-state index contributed by atoms with van der Waals surface area (Å²) in [6.45, 7) is 2.25. The molecule has 24 heavy (non-hydrogen) atoms. The molecule has 0 aliphatic heterocycles. The van der Waals surface area contributed by atoms with Gasteiger partial charge < -0.3 is 10.1 Å². The minimum atomic E-state index is -0.466. The zero-order valence-corrected chi connectivity index (χ0v) is 13.5. The van der Waals surface area contributed by atoms with Gasteiger partial charge in [0, 0.05) is 6.54 Å². The Labute approximate surface area is 139 Å². The molecule has 6 heteroatoms. The third kappa shape index (κ3) is 5.31. The van der Waals surface area contributed by atoms with Crippen molar-refractivity contribution >= 4 is 18.0 Å². The van der Waals surface area contributed by atoms with Gasteiger partial charge in [-0.1, -0.05) is 36.4 Å². The van der Waals surface area contributed by atoms with Crippen molar-refractivity contribution in [3.63, 3.8) is 0 Å². The zero-order chi connectivity index (χ0) is 17.4. The molecule has 0 aliphatic carbocycles.